The van der Waals surface area contributed by atoms with Crippen LogP contribution in [0.4, 0.5) is 0 Å². The van der Waals surface area contributed by atoms with Crippen molar-refractivity contribution in [3.63, 3.8) is 0 Å². The zero-order valence-electron chi connectivity index (χ0n) is 11.7. The van der Waals surface area contributed by atoms with E-state index in [1.54, 1.807) is 19.1 Å². The summed E-state index contributed by atoms with van der Waals surface area (Å²) in [6, 6.07) is 12.4. The van der Waals surface area contributed by atoms with Gasteiger partial charge in [-0.2, -0.15) is 0 Å². The van der Waals surface area contributed by atoms with E-state index in [1.165, 1.54) is 17.8 Å². The summed E-state index contributed by atoms with van der Waals surface area (Å²) in [5.41, 5.74) is 0.00932. The Morgan fingerprint density at radius 3 is 2.32 bits per heavy atom. The van der Waals surface area contributed by atoms with Crippen molar-refractivity contribution in [1.29, 1.82) is 0 Å². The molecule has 0 saturated carbocycles. The topological polar surface area (TPSA) is 63.6 Å². The number of hydrogen-bond acceptors (Lipinski definition) is 4. The minimum Gasteiger partial charge on any atom is -0.478 e. The van der Waals surface area contributed by atoms with Crippen molar-refractivity contribution in [3.05, 3.63) is 58.1 Å². The van der Waals surface area contributed by atoms with Crippen LogP contribution in [0.25, 0.3) is 0 Å². The molecule has 0 unspecified atom stereocenters. The van der Waals surface area contributed by atoms with Crippen LogP contribution in [0.5, 0.6) is 0 Å². The lowest BCUT2D eigenvalue weighted by molar-refractivity contribution is 0.0514. The summed E-state index contributed by atoms with van der Waals surface area (Å²) >= 11 is 4.81. The molecule has 0 amide bonds. The van der Waals surface area contributed by atoms with Crippen molar-refractivity contribution in [3.8, 4) is 0 Å². The molecule has 2 aromatic rings. The molecule has 0 heterocycles. The van der Waals surface area contributed by atoms with Crippen LogP contribution in [-0.2, 0) is 4.74 Å². The number of benzene rings is 2. The van der Waals surface area contributed by atoms with E-state index in [0.717, 1.165) is 14.3 Å². The van der Waals surface area contributed by atoms with Crippen molar-refractivity contribution in [2.45, 2.75) is 16.7 Å². The number of aromatic carboxylic acids is 1. The van der Waals surface area contributed by atoms with E-state index in [9.17, 15) is 14.7 Å². The Morgan fingerprint density at radius 1 is 1.09 bits per heavy atom. The molecule has 0 spiro atoms. The van der Waals surface area contributed by atoms with Gasteiger partial charge < -0.3 is 9.84 Å². The highest BCUT2D eigenvalue weighted by molar-refractivity contribution is 9.10. The van der Waals surface area contributed by atoms with Crippen LogP contribution in [0.2, 0.25) is 0 Å². The highest BCUT2D eigenvalue weighted by Gasteiger charge is 2.18. The molecule has 2 aromatic carbocycles. The first-order valence-corrected chi connectivity index (χ1v) is 8.10. The van der Waals surface area contributed by atoms with Gasteiger partial charge in [0.15, 0.2) is 0 Å². The lowest BCUT2D eigenvalue weighted by atomic mass is 10.1. The third-order valence-electron chi connectivity index (χ3n) is 2.77. The number of hydrogen-bond donors (Lipinski definition) is 1. The predicted octanol–water partition coefficient (Wildman–Crippen LogP) is 4.48. The Balaban J connectivity index is 2.33. The van der Waals surface area contributed by atoms with Crippen molar-refractivity contribution >= 4 is 39.6 Å². The van der Waals surface area contributed by atoms with E-state index < -0.39 is 11.9 Å². The average molecular weight is 381 g/mol. The molecule has 114 valence electrons. The Bertz CT molecular complexity index is 698. The van der Waals surface area contributed by atoms with Gasteiger partial charge in [-0.1, -0.05) is 27.7 Å². The van der Waals surface area contributed by atoms with E-state index in [2.05, 4.69) is 15.9 Å². The smallest absolute Gasteiger partial charge is 0.339 e. The van der Waals surface area contributed by atoms with Crippen LogP contribution in [0.15, 0.2) is 56.7 Å². The van der Waals surface area contributed by atoms with Gasteiger partial charge in [-0.3, -0.25) is 0 Å². The number of carbonyl (C=O) groups excluding carboxylic acids is 1. The minimum atomic E-state index is -1.15. The van der Waals surface area contributed by atoms with E-state index in [-0.39, 0.29) is 17.7 Å². The van der Waals surface area contributed by atoms with Crippen molar-refractivity contribution in [2.75, 3.05) is 6.61 Å². The monoisotopic (exact) mass is 380 g/mol. The highest BCUT2D eigenvalue weighted by atomic mass is 79.9. The maximum atomic E-state index is 11.9. The number of carboxylic acid groups (broad SMARTS) is 1. The summed E-state index contributed by atoms with van der Waals surface area (Å²) in [6.07, 6.45) is 0. The van der Waals surface area contributed by atoms with E-state index in [4.69, 9.17) is 4.74 Å². The average Bonchev–Trinajstić information content (AvgIpc) is 2.49. The molecule has 6 heteroatoms. The molecule has 0 aliphatic carbocycles. The zero-order valence-corrected chi connectivity index (χ0v) is 14.1. The van der Waals surface area contributed by atoms with Crippen LogP contribution in [0.3, 0.4) is 0 Å². The molecule has 22 heavy (non-hydrogen) atoms. The molecule has 0 saturated heterocycles. The van der Waals surface area contributed by atoms with Crippen molar-refractivity contribution in [2.24, 2.45) is 0 Å². The molecular formula is C16H13BrO4S. The summed E-state index contributed by atoms with van der Waals surface area (Å²) in [5.74, 6) is -1.78. The van der Waals surface area contributed by atoms with Gasteiger partial charge in [0.1, 0.15) is 0 Å². The van der Waals surface area contributed by atoms with Crippen LogP contribution >= 0.6 is 27.7 Å². The fourth-order valence-corrected chi connectivity index (χ4v) is 2.91. The molecule has 0 aromatic heterocycles. The summed E-state index contributed by atoms with van der Waals surface area (Å²) in [6.45, 7) is 1.88. The summed E-state index contributed by atoms with van der Waals surface area (Å²) < 4.78 is 5.90. The minimum absolute atomic E-state index is 0.0568. The Labute approximate surface area is 140 Å². The van der Waals surface area contributed by atoms with E-state index in [0.29, 0.717) is 0 Å². The van der Waals surface area contributed by atoms with Crippen molar-refractivity contribution in [1.82, 2.24) is 0 Å². The van der Waals surface area contributed by atoms with Gasteiger partial charge in [0.05, 0.1) is 17.7 Å². The fourth-order valence-electron chi connectivity index (χ4n) is 1.79. The Kier molecular flexibility index (Phi) is 5.63. The first-order valence-electron chi connectivity index (χ1n) is 6.49. The van der Waals surface area contributed by atoms with Crippen LogP contribution in [0, 0.1) is 0 Å². The second kappa shape index (κ2) is 7.47. The quantitative estimate of drug-likeness (QED) is 0.774. The molecule has 1 N–H and O–H groups in total. The van der Waals surface area contributed by atoms with Gasteiger partial charge in [0.2, 0.25) is 0 Å². The summed E-state index contributed by atoms with van der Waals surface area (Å²) in [5, 5.41) is 9.17. The molecular weight excluding hydrogens is 368 g/mol. The van der Waals surface area contributed by atoms with Crippen molar-refractivity contribution < 1.29 is 19.4 Å². The number of ether oxygens (including phenoxy) is 1. The largest absolute Gasteiger partial charge is 0.478 e. The van der Waals surface area contributed by atoms with E-state index >= 15 is 0 Å². The maximum absolute atomic E-state index is 11.9. The molecule has 0 bridgehead atoms. The van der Waals surface area contributed by atoms with Gasteiger partial charge in [-0.25, -0.2) is 9.59 Å². The third kappa shape index (κ3) is 4.11. The van der Waals surface area contributed by atoms with Gasteiger partial charge in [0, 0.05) is 14.3 Å². The standard InChI is InChI=1S/C16H13BrO4S/c1-2-21-16(20)14-9-12(7-8-13(14)15(18)19)22-11-5-3-10(17)4-6-11/h3-9H,2H2,1H3,(H,18,19). The number of carbonyl (C=O) groups is 2. The lowest BCUT2D eigenvalue weighted by Gasteiger charge is -2.08. The summed E-state index contributed by atoms with van der Waals surface area (Å²) in [4.78, 5) is 24.9. The Morgan fingerprint density at radius 2 is 1.73 bits per heavy atom. The van der Waals surface area contributed by atoms with Gasteiger partial charge in [-0.05, 0) is 49.4 Å². The first kappa shape index (κ1) is 16.6. The molecule has 0 aliphatic rings. The second-order valence-corrected chi connectivity index (χ2v) is 6.35. The normalized spacial score (nSPS) is 10.3. The van der Waals surface area contributed by atoms with Crippen LogP contribution in [0.1, 0.15) is 27.6 Å². The zero-order chi connectivity index (χ0) is 16.1. The first-order chi connectivity index (χ1) is 10.5. The molecule has 0 radical (unpaired) electrons. The fraction of sp³-hybridized carbons (Fsp3) is 0.125. The van der Waals surface area contributed by atoms with Gasteiger partial charge >= 0.3 is 11.9 Å². The molecule has 2 rings (SSSR count). The second-order valence-electron chi connectivity index (χ2n) is 4.29. The maximum Gasteiger partial charge on any atom is 0.339 e. The number of carboxylic acids is 1. The molecule has 0 fully saturated rings. The lowest BCUT2D eigenvalue weighted by Crippen LogP contribution is -2.11. The third-order valence-corrected chi connectivity index (χ3v) is 4.29. The Hall–Kier alpha value is -1.79. The molecule has 4 nitrogen and oxygen atoms in total. The van der Waals surface area contributed by atoms with E-state index in [1.807, 2.05) is 24.3 Å². The predicted molar refractivity (Wildman–Crippen MR) is 87.6 cm³/mol. The molecule has 0 atom stereocenters. The number of esters is 1. The number of halogens is 1. The SMILES string of the molecule is CCOC(=O)c1cc(Sc2ccc(Br)cc2)ccc1C(=O)O. The number of rotatable bonds is 5. The van der Waals surface area contributed by atoms with Gasteiger partial charge in [0.25, 0.3) is 0 Å². The molecule has 0 aliphatic heterocycles. The van der Waals surface area contributed by atoms with Crippen LogP contribution in [-0.4, -0.2) is 23.7 Å². The summed E-state index contributed by atoms with van der Waals surface area (Å²) in [7, 11) is 0. The van der Waals surface area contributed by atoms with Gasteiger partial charge in [-0.15, -0.1) is 0 Å². The highest BCUT2D eigenvalue weighted by Crippen LogP contribution is 2.30. The van der Waals surface area contributed by atoms with Crippen LogP contribution < -0.4 is 0 Å².